The van der Waals surface area contributed by atoms with E-state index in [1.165, 1.54) is 29.3 Å². The van der Waals surface area contributed by atoms with E-state index in [4.69, 9.17) is 9.84 Å². The molecule has 1 aromatic heterocycles. The minimum atomic E-state index is -3.56. The van der Waals surface area contributed by atoms with Gasteiger partial charge in [-0.15, -0.1) is 0 Å². The van der Waals surface area contributed by atoms with Gasteiger partial charge in [-0.2, -0.15) is 0 Å². The lowest BCUT2D eigenvalue weighted by molar-refractivity contribution is 0.101. The summed E-state index contributed by atoms with van der Waals surface area (Å²) in [4.78, 5) is 27.6. The highest BCUT2D eigenvalue weighted by atomic mass is 32.2. The molecule has 1 saturated heterocycles. The summed E-state index contributed by atoms with van der Waals surface area (Å²) in [7, 11) is -3.56. The van der Waals surface area contributed by atoms with Crippen molar-refractivity contribution in [2.24, 2.45) is 0 Å². The number of phenolic OH excluding ortho intramolecular Hbond substituents is 1. The van der Waals surface area contributed by atoms with Crippen molar-refractivity contribution in [3.05, 3.63) is 65.0 Å². The van der Waals surface area contributed by atoms with Gasteiger partial charge in [0.15, 0.2) is 5.76 Å². The van der Waals surface area contributed by atoms with Crippen LogP contribution in [0, 0.1) is 0 Å². The van der Waals surface area contributed by atoms with E-state index in [1.54, 1.807) is 24.3 Å². The maximum atomic E-state index is 13.1. The summed E-state index contributed by atoms with van der Waals surface area (Å²) in [6, 6.07) is 9.91. The minimum Gasteiger partial charge on any atom is -0.507 e. The zero-order chi connectivity index (χ0) is 24.9. The number of fused-ring (bicyclic) bond motifs is 2. The molecule has 2 aliphatic rings. The number of aromatic hydroxyl groups is 1. The fourth-order valence-corrected chi connectivity index (χ4v) is 5.30. The third-order valence-electron chi connectivity index (χ3n) is 6.29. The van der Waals surface area contributed by atoms with E-state index in [9.17, 15) is 23.1 Å². The quantitative estimate of drug-likeness (QED) is 0.526. The molecule has 5 rings (SSSR count). The number of phenols is 1. The van der Waals surface area contributed by atoms with Crippen molar-refractivity contribution in [1.29, 1.82) is 0 Å². The summed E-state index contributed by atoms with van der Waals surface area (Å²) >= 11 is 0. The molecule has 0 bridgehead atoms. The van der Waals surface area contributed by atoms with E-state index in [1.807, 2.05) is 4.90 Å². The van der Waals surface area contributed by atoms with Gasteiger partial charge in [0.25, 0.3) is 0 Å². The van der Waals surface area contributed by atoms with Gasteiger partial charge in [0, 0.05) is 49.9 Å². The number of amides is 1. The Labute approximate surface area is 201 Å². The summed E-state index contributed by atoms with van der Waals surface area (Å²) < 4.78 is 31.6. The van der Waals surface area contributed by atoms with Crippen LogP contribution in [0.3, 0.4) is 0 Å². The molecule has 11 heteroatoms. The van der Waals surface area contributed by atoms with Crippen LogP contribution < -0.4 is 4.74 Å². The molecule has 182 valence electrons. The number of Topliss-reactive ketones (excluding diaryl/α,β-unsaturated/α-hetero) is 1. The fraction of sp³-hybridized carbons (Fsp3) is 0.250. The van der Waals surface area contributed by atoms with E-state index in [-0.39, 0.29) is 29.6 Å². The molecule has 10 nitrogen and oxygen atoms in total. The molecule has 3 heterocycles. The van der Waals surface area contributed by atoms with Gasteiger partial charge in [0.05, 0.1) is 22.9 Å². The van der Waals surface area contributed by atoms with Gasteiger partial charge >= 0.3 is 6.09 Å². The van der Waals surface area contributed by atoms with Crippen LogP contribution in [0.1, 0.15) is 21.5 Å². The fourth-order valence-electron chi connectivity index (χ4n) is 4.48. The number of hydrogen-bond donors (Lipinski definition) is 2. The first-order chi connectivity index (χ1) is 16.6. The average Bonchev–Trinajstić information content (AvgIpc) is 3.34. The van der Waals surface area contributed by atoms with Gasteiger partial charge in [-0.1, -0.05) is 18.2 Å². The number of allylic oxidation sites excluding steroid dienone is 1. The molecular formula is C24H23N3O7S. The largest absolute Gasteiger partial charge is 0.507 e. The van der Waals surface area contributed by atoms with E-state index >= 15 is 0 Å². The summed E-state index contributed by atoms with van der Waals surface area (Å²) in [5.74, 6) is -0.104. The Morgan fingerprint density at radius 3 is 2.51 bits per heavy atom. The number of piperazine rings is 1. The second-order valence-corrected chi connectivity index (χ2v) is 10.4. The summed E-state index contributed by atoms with van der Waals surface area (Å²) in [6.45, 7) is 1.95. The number of benzene rings is 2. The highest BCUT2D eigenvalue weighted by molar-refractivity contribution is 7.89. The maximum Gasteiger partial charge on any atom is 0.407 e. The predicted molar refractivity (Wildman–Crippen MR) is 128 cm³/mol. The molecule has 35 heavy (non-hydrogen) atoms. The van der Waals surface area contributed by atoms with Crippen LogP contribution in [0.4, 0.5) is 4.79 Å². The SMILES string of the molecule is CS(=O)(=O)n1cc(C=C2Oc3c(ccc(O)c3CN3CCN(C(=O)O)CC3)C2=O)c2ccccc21. The third-order valence-corrected chi connectivity index (χ3v) is 7.31. The second-order valence-electron chi connectivity index (χ2n) is 8.59. The predicted octanol–water partition coefficient (Wildman–Crippen LogP) is 2.57. The maximum absolute atomic E-state index is 13.1. The molecule has 0 unspecified atom stereocenters. The molecule has 0 saturated carbocycles. The van der Waals surface area contributed by atoms with Crippen molar-refractivity contribution < 1.29 is 33.0 Å². The van der Waals surface area contributed by atoms with Crippen LogP contribution >= 0.6 is 0 Å². The second kappa shape index (κ2) is 8.43. The number of nitrogens with zero attached hydrogens (tertiary/aromatic N) is 3. The van der Waals surface area contributed by atoms with Crippen molar-refractivity contribution in [2.75, 3.05) is 32.4 Å². The molecule has 2 N–H and O–H groups in total. The molecular weight excluding hydrogens is 474 g/mol. The number of ether oxygens (including phenoxy) is 1. The number of ketones is 1. The van der Waals surface area contributed by atoms with Crippen molar-refractivity contribution in [1.82, 2.24) is 13.8 Å². The third kappa shape index (κ3) is 4.13. The highest BCUT2D eigenvalue weighted by Gasteiger charge is 2.33. The van der Waals surface area contributed by atoms with Crippen LogP contribution in [0.25, 0.3) is 17.0 Å². The van der Waals surface area contributed by atoms with Crippen LogP contribution in [-0.4, -0.2) is 76.7 Å². The molecule has 0 aliphatic carbocycles. The zero-order valence-corrected chi connectivity index (χ0v) is 19.7. The van der Waals surface area contributed by atoms with Gasteiger partial charge in [-0.3, -0.25) is 9.69 Å². The van der Waals surface area contributed by atoms with Crippen LogP contribution in [-0.2, 0) is 16.6 Å². The summed E-state index contributed by atoms with van der Waals surface area (Å²) in [5.41, 5.74) is 1.75. The van der Waals surface area contributed by atoms with Crippen molar-refractivity contribution in [3.8, 4) is 11.5 Å². The molecule has 0 radical (unpaired) electrons. The lowest BCUT2D eigenvalue weighted by atomic mass is 10.0. The molecule has 2 aromatic carbocycles. The molecule has 2 aliphatic heterocycles. The van der Waals surface area contributed by atoms with Gasteiger partial charge in [0.2, 0.25) is 15.8 Å². The van der Waals surface area contributed by atoms with E-state index in [0.717, 1.165) is 10.2 Å². The molecule has 1 amide bonds. The molecule has 3 aromatic rings. The van der Waals surface area contributed by atoms with E-state index in [2.05, 4.69) is 0 Å². The summed E-state index contributed by atoms with van der Waals surface area (Å²) in [6.07, 6.45) is 3.11. The Morgan fingerprint density at radius 2 is 1.83 bits per heavy atom. The highest BCUT2D eigenvalue weighted by Crippen LogP contribution is 2.40. The number of hydrogen-bond acceptors (Lipinski definition) is 7. The van der Waals surface area contributed by atoms with Crippen molar-refractivity contribution in [2.45, 2.75) is 6.54 Å². The normalized spacial score (nSPS) is 17.7. The lowest BCUT2D eigenvalue weighted by Crippen LogP contribution is -2.47. The number of carbonyl (C=O) groups excluding carboxylic acids is 1. The van der Waals surface area contributed by atoms with Crippen molar-refractivity contribution >= 4 is 38.9 Å². The summed E-state index contributed by atoms with van der Waals surface area (Å²) in [5, 5.41) is 20.3. The zero-order valence-electron chi connectivity index (χ0n) is 18.8. The number of carboxylic acid groups (broad SMARTS) is 1. The van der Waals surface area contributed by atoms with Crippen LogP contribution in [0.2, 0.25) is 0 Å². The first kappa shape index (κ1) is 22.9. The lowest BCUT2D eigenvalue weighted by Gasteiger charge is -2.33. The number of para-hydroxylation sites is 1. The monoisotopic (exact) mass is 497 g/mol. The smallest absolute Gasteiger partial charge is 0.407 e. The van der Waals surface area contributed by atoms with Gasteiger partial charge in [0.1, 0.15) is 11.5 Å². The minimum absolute atomic E-state index is 0.0212. The Bertz CT molecular complexity index is 1500. The first-order valence-electron chi connectivity index (χ1n) is 10.9. The Morgan fingerprint density at radius 1 is 1.11 bits per heavy atom. The number of carbonyl (C=O) groups is 2. The standard InChI is InChI=1S/C24H23N3O7S/c1-35(32,33)27-13-15(16-4-2-3-5-19(16)27)12-21-22(29)17-6-7-20(28)18(23(17)34-21)14-25-8-10-26(11-9-25)24(30)31/h2-7,12-13,28H,8-11,14H2,1H3,(H,30,31). The first-order valence-corrected chi connectivity index (χ1v) is 12.8. The Hall–Kier alpha value is -3.83. The van der Waals surface area contributed by atoms with Crippen molar-refractivity contribution in [3.63, 3.8) is 0 Å². The van der Waals surface area contributed by atoms with Crippen LogP contribution in [0.15, 0.2) is 48.4 Å². The van der Waals surface area contributed by atoms with E-state index in [0.29, 0.717) is 53.8 Å². The Balaban J connectivity index is 1.47. The van der Waals surface area contributed by atoms with Crippen LogP contribution in [0.5, 0.6) is 11.5 Å². The average molecular weight is 498 g/mol. The molecule has 0 atom stereocenters. The Kier molecular flexibility index (Phi) is 5.53. The van der Waals surface area contributed by atoms with Gasteiger partial charge in [-0.25, -0.2) is 17.2 Å². The van der Waals surface area contributed by atoms with Gasteiger partial charge < -0.3 is 19.8 Å². The molecule has 0 spiro atoms. The van der Waals surface area contributed by atoms with Gasteiger partial charge in [-0.05, 0) is 24.3 Å². The molecule has 1 fully saturated rings. The number of aromatic nitrogens is 1. The topological polar surface area (TPSA) is 129 Å². The van der Waals surface area contributed by atoms with E-state index < -0.39 is 16.1 Å². The number of rotatable bonds is 4.